The Kier molecular flexibility index (Phi) is 36.3. The molecule has 0 aliphatic heterocycles. The summed E-state index contributed by atoms with van der Waals surface area (Å²) in [6.07, 6.45) is 45.1. The average Bonchev–Trinajstić information content (AvgIpc) is 3.02. The van der Waals surface area contributed by atoms with E-state index >= 15 is 0 Å². The third kappa shape index (κ3) is 37.1. The van der Waals surface area contributed by atoms with Crippen molar-refractivity contribution in [2.45, 2.75) is 168 Å². The van der Waals surface area contributed by atoms with Crippen LogP contribution in [0.25, 0.3) is 0 Å². The van der Waals surface area contributed by atoms with Crippen LogP contribution in [0.1, 0.15) is 156 Å². The van der Waals surface area contributed by atoms with E-state index in [1.807, 2.05) is 0 Å². The van der Waals surface area contributed by atoms with Gasteiger partial charge in [0.15, 0.2) is 0 Å². The van der Waals surface area contributed by atoms with Gasteiger partial charge in [0.1, 0.15) is 0 Å². The van der Waals surface area contributed by atoms with E-state index in [0.29, 0.717) is 13.2 Å². The molecule has 0 heterocycles. The molecule has 0 saturated heterocycles. The fourth-order valence-electron chi connectivity index (χ4n) is 5.13. The average molecular weight is 632 g/mol. The number of hydrogen-bond acceptors (Lipinski definition) is 4. The molecule has 0 rings (SSSR count). The molecule has 4 nitrogen and oxygen atoms in total. The first-order chi connectivity index (χ1) is 22.1. The maximum Gasteiger partial charge on any atom is 0.0936 e. The van der Waals surface area contributed by atoms with E-state index in [0.717, 1.165) is 45.4 Å². The van der Waals surface area contributed by atoms with Gasteiger partial charge in [0.25, 0.3) is 0 Å². The number of nitrogens with zero attached hydrogens (tertiary/aromatic N) is 1. The maximum absolute atomic E-state index is 6.20. The Morgan fingerprint density at radius 3 is 1.44 bits per heavy atom. The molecule has 0 aliphatic carbocycles. The fraction of sp³-hybridized carbons (Fsp3) is 0.805. The summed E-state index contributed by atoms with van der Waals surface area (Å²) in [5.74, 6) is 0. The van der Waals surface area contributed by atoms with Gasteiger partial charge in [-0.25, -0.2) is 0 Å². The maximum atomic E-state index is 6.20. The van der Waals surface area contributed by atoms with Crippen LogP contribution in [0.3, 0.4) is 0 Å². The molecule has 0 aromatic rings. The molecule has 0 N–H and O–H groups in total. The molecule has 0 amide bonds. The van der Waals surface area contributed by atoms with Gasteiger partial charge in [-0.15, -0.1) is 0 Å². The second kappa shape index (κ2) is 37.3. The highest BCUT2D eigenvalue weighted by Crippen LogP contribution is 2.09. The topological polar surface area (TPSA) is 30.9 Å². The van der Waals surface area contributed by atoms with Crippen LogP contribution in [0, 0.1) is 0 Å². The Balaban J connectivity index is 3.70. The van der Waals surface area contributed by atoms with Crippen molar-refractivity contribution in [1.82, 2.24) is 4.90 Å². The summed E-state index contributed by atoms with van der Waals surface area (Å²) >= 11 is 0. The van der Waals surface area contributed by atoms with Gasteiger partial charge in [0.05, 0.1) is 25.4 Å². The summed E-state index contributed by atoms with van der Waals surface area (Å²) in [5, 5.41) is 0. The standard InChI is InChI=1S/C41H77NO3/c1-6-8-10-12-14-16-18-20-21-22-24-25-27-29-31-33-35-43-39-41(37-42(4)5)45-38-40(3)44-36-34-32-30-28-26-23-19-17-15-13-11-9-7-2/h14-17,20-21,23,26,40-41H,6-13,18-19,22,24-25,27-39H2,1-5H3/b16-14-,17-15-,21-20-,26-23-/t40-,41?/m1/s1. The zero-order chi connectivity index (χ0) is 32.9. The molecule has 0 radical (unpaired) electrons. The lowest BCUT2D eigenvalue weighted by Crippen LogP contribution is -2.34. The van der Waals surface area contributed by atoms with Gasteiger partial charge in [-0.05, 0) is 98.1 Å². The second-order valence-corrected chi connectivity index (χ2v) is 13.1. The molecular weight excluding hydrogens is 554 g/mol. The van der Waals surface area contributed by atoms with Crippen molar-refractivity contribution in [3.05, 3.63) is 48.6 Å². The number of rotatable bonds is 35. The highest BCUT2D eigenvalue weighted by atomic mass is 16.6. The van der Waals surface area contributed by atoms with Crippen LogP contribution in [0.2, 0.25) is 0 Å². The summed E-state index contributed by atoms with van der Waals surface area (Å²) in [7, 11) is 4.19. The van der Waals surface area contributed by atoms with Crippen LogP contribution in [-0.2, 0) is 14.2 Å². The van der Waals surface area contributed by atoms with Crippen molar-refractivity contribution >= 4 is 0 Å². The lowest BCUT2D eigenvalue weighted by atomic mass is 10.1. The summed E-state index contributed by atoms with van der Waals surface area (Å²) in [6, 6.07) is 0. The van der Waals surface area contributed by atoms with Crippen molar-refractivity contribution < 1.29 is 14.2 Å². The van der Waals surface area contributed by atoms with Gasteiger partial charge in [-0.3, -0.25) is 0 Å². The summed E-state index contributed by atoms with van der Waals surface area (Å²) in [4.78, 5) is 2.18. The first-order valence-corrected chi connectivity index (χ1v) is 19.2. The molecule has 0 aliphatic rings. The Labute approximate surface area is 282 Å². The predicted octanol–water partition coefficient (Wildman–Crippen LogP) is 11.8. The van der Waals surface area contributed by atoms with Crippen molar-refractivity contribution in [2.24, 2.45) is 0 Å². The molecule has 45 heavy (non-hydrogen) atoms. The van der Waals surface area contributed by atoms with E-state index in [-0.39, 0.29) is 12.2 Å². The van der Waals surface area contributed by atoms with Gasteiger partial charge in [0.2, 0.25) is 0 Å². The first-order valence-electron chi connectivity index (χ1n) is 19.2. The van der Waals surface area contributed by atoms with E-state index in [4.69, 9.17) is 14.2 Å². The minimum atomic E-state index is 0.0913. The molecular formula is C41H77NO3. The van der Waals surface area contributed by atoms with Crippen molar-refractivity contribution in [1.29, 1.82) is 0 Å². The van der Waals surface area contributed by atoms with Crippen LogP contribution in [0.15, 0.2) is 48.6 Å². The van der Waals surface area contributed by atoms with Crippen LogP contribution < -0.4 is 0 Å². The van der Waals surface area contributed by atoms with Crippen LogP contribution >= 0.6 is 0 Å². The van der Waals surface area contributed by atoms with Gasteiger partial charge >= 0.3 is 0 Å². The molecule has 0 aromatic carbocycles. The van der Waals surface area contributed by atoms with E-state index in [9.17, 15) is 0 Å². The van der Waals surface area contributed by atoms with E-state index < -0.39 is 0 Å². The number of likely N-dealkylation sites (N-methyl/N-ethyl adjacent to an activating group) is 1. The predicted molar refractivity (Wildman–Crippen MR) is 199 cm³/mol. The Morgan fingerprint density at radius 2 is 0.933 bits per heavy atom. The molecule has 0 fully saturated rings. The second-order valence-electron chi connectivity index (χ2n) is 13.1. The number of unbranched alkanes of at least 4 members (excludes halogenated alkanes) is 15. The third-order valence-electron chi connectivity index (χ3n) is 7.93. The largest absolute Gasteiger partial charge is 0.379 e. The van der Waals surface area contributed by atoms with Crippen LogP contribution in [0.4, 0.5) is 0 Å². The van der Waals surface area contributed by atoms with E-state index in [1.54, 1.807) is 0 Å². The van der Waals surface area contributed by atoms with Gasteiger partial charge < -0.3 is 19.1 Å². The molecule has 264 valence electrons. The SMILES string of the molecule is CCCCC/C=C\C/C=C\CCCCCCCCOCC(CN(C)C)OC[C@@H](C)OCCCCC/C=C\C/C=C\CCCCC. The summed E-state index contributed by atoms with van der Waals surface area (Å²) in [5.41, 5.74) is 0. The molecule has 1 unspecified atom stereocenters. The first kappa shape index (κ1) is 43.8. The molecule has 0 spiro atoms. The van der Waals surface area contributed by atoms with Crippen molar-refractivity contribution in [3.63, 3.8) is 0 Å². The molecule has 0 saturated carbocycles. The van der Waals surface area contributed by atoms with Crippen LogP contribution in [0.5, 0.6) is 0 Å². The highest BCUT2D eigenvalue weighted by Gasteiger charge is 2.13. The minimum Gasteiger partial charge on any atom is -0.379 e. The quantitative estimate of drug-likeness (QED) is 0.0514. The fourth-order valence-corrected chi connectivity index (χ4v) is 5.13. The van der Waals surface area contributed by atoms with Gasteiger partial charge in [0, 0.05) is 19.8 Å². The molecule has 4 heteroatoms. The normalized spacial score (nSPS) is 13.9. The number of hydrogen-bond donors (Lipinski definition) is 0. The highest BCUT2D eigenvalue weighted by molar-refractivity contribution is 4.93. The smallest absolute Gasteiger partial charge is 0.0936 e. The molecule has 0 bridgehead atoms. The van der Waals surface area contributed by atoms with Gasteiger partial charge in [-0.2, -0.15) is 0 Å². The molecule has 2 atom stereocenters. The summed E-state index contributed by atoms with van der Waals surface area (Å²) < 4.78 is 18.2. The zero-order valence-electron chi connectivity index (χ0n) is 30.8. The van der Waals surface area contributed by atoms with Crippen molar-refractivity contribution in [2.75, 3.05) is 47.1 Å². The van der Waals surface area contributed by atoms with Crippen LogP contribution in [-0.4, -0.2) is 64.2 Å². The third-order valence-corrected chi connectivity index (χ3v) is 7.93. The zero-order valence-corrected chi connectivity index (χ0v) is 30.8. The minimum absolute atomic E-state index is 0.0913. The van der Waals surface area contributed by atoms with Crippen molar-refractivity contribution in [3.8, 4) is 0 Å². The monoisotopic (exact) mass is 632 g/mol. The van der Waals surface area contributed by atoms with E-state index in [2.05, 4.69) is 88.4 Å². The molecule has 0 aromatic heterocycles. The van der Waals surface area contributed by atoms with E-state index in [1.165, 1.54) is 109 Å². The number of ether oxygens (including phenoxy) is 3. The Morgan fingerprint density at radius 1 is 0.489 bits per heavy atom. The lowest BCUT2D eigenvalue weighted by Gasteiger charge is -2.23. The summed E-state index contributed by atoms with van der Waals surface area (Å²) in [6.45, 7) is 10.4. The lowest BCUT2D eigenvalue weighted by molar-refractivity contribution is -0.0702. The number of allylic oxidation sites excluding steroid dienone is 8. The Hall–Kier alpha value is -1.20. The Bertz CT molecular complexity index is 684. The van der Waals surface area contributed by atoms with Gasteiger partial charge in [-0.1, -0.05) is 120 Å².